The van der Waals surface area contributed by atoms with Gasteiger partial charge in [-0.3, -0.25) is 0 Å². The van der Waals surface area contributed by atoms with Crippen LogP contribution in [0.15, 0.2) is 24.3 Å². The Labute approximate surface area is 130 Å². The maximum absolute atomic E-state index is 5.93. The summed E-state index contributed by atoms with van der Waals surface area (Å²) in [7, 11) is 1.68. The number of para-hydroxylation sites is 2. The van der Waals surface area contributed by atoms with E-state index in [1.807, 2.05) is 24.3 Å². The lowest BCUT2D eigenvalue weighted by Gasteiger charge is -2.34. The van der Waals surface area contributed by atoms with E-state index in [9.17, 15) is 0 Å². The summed E-state index contributed by atoms with van der Waals surface area (Å²) in [6, 6.07) is 7.82. The third-order valence-electron chi connectivity index (χ3n) is 4.35. The molecule has 3 nitrogen and oxygen atoms in total. The van der Waals surface area contributed by atoms with Gasteiger partial charge in [0.25, 0.3) is 0 Å². The van der Waals surface area contributed by atoms with E-state index in [0.717, 1.165) is 31.0 Å². The molecule has 21 heavy (non-hydrogen) atoms. The highest BCUT2D eigenvalue weighted by molar-refractivity contribution is 5.39. The first kappa shape index (κ1) is 17.8. The van der Waals surface area contributed by atoms with E-state index < -0.39 is 0 Å². The van der Waals surface area contributed by atoms with Crippen molar-refractivity contribution in [1.29, 1.82) is 0 Å². The van der Waals surface area contributed by atoms with E-state index in [0.29, 0.717) is 12.5 Å². The normalized spacial score (nSPS) is 14.0. The summed E-state index contributed by atoms with van der Waals surface area (Å²) in [5, 5.41) is 3.55. The van der Waals surface area contributed by atoms with Gasteiger partial charge >= 0.3 is 0 Å². The lowest BCUT2D eigenvalue weighted by Crippen LogP contribution is -2.37. The predicted molar refractivity (Wildman–Crippen MR) is 89.2 cm³/mol. The molecule has 0 amide bonds. The Kier molecular flexibility index (Phi) is 7.58. The molecule has 0 fully saturated rings. The number of nitrogens with one attached hydrogen (secondary N) is 1. The van der Waals surface area contributed by atoms with Crippen molar-refractivity contribution in [3.63, 3.8) is 0 Å². The van der Waals surface area contributed by atoms with Crippen molar-refractivity contribution in [1.82, 2.24) is 5.32 Å². The average molecular weight is 293 g/mol. The van der Waals surface area contributed by atoms with Gasteiger partial charge in [0, 0.05) is 6.54 Å². The number of hydrogen-bond acceptors (Lipinski definition) is 3. The molecule has 0 aliphatic carbocycles. The van der Waals surface area contributed by atoms with Crippen LogP contribution in [0.4, 0.5) is 0 Å². The second-order valence-electron chi connectivity index (χ2n) is 6.23. The fourth-order valence-electron chi connectivity index (χ4n) is 2.26. The van der Waals surface area contributed by atoms with Crippen LogP contribution in [0, 0.1) is 11.3 Å². The summed E-state index contributed by atoms with van der Waals surface area (Å²) in [5.74, 6) is 2.24. The molecule has 1 aromatic carbocycles. The van der Waals surface area contributed by atoms with E-state index in [4.69, 9.17) is 9.47 Å². The van der Waals surface area contributed by atoms with Gasteiger partial charge in [-0.05, 0) is 42.9 Å². The maximum atomic E-state index is 5.93. The highest BCUT2D eigenvalue weighted by Gasteiger charge is 2.27. The zero-order valence-electron chi connectivity index (χ0n) is 14.2. The third-order valence-corrected chi connectivity index (χ3v) is 4.35. The maximum Gasteiger partial charge on any atom is 0.161 e. The van der Waals surface area contributed by atoms with E-state index in [1.165, 1.54) is 6.42 Å². The van der Waals surface area contributed by atoms with Crippen LogP contribution in [-0.4, -0.2) is 26.8 Å². The van der Waals surface area contributed by atoms with E-state index in [2.05, 4.69) is 33.0 Å². The van der Waals surface area contributed by atoms with Gasteiger partial charge < -0.3 is 14.8 Å². The van der Waals surface area contributed by atoms with Crippen molar-refractivity contribution >= 4 is 0 Å². The minimum atomic E-state index is 0.247. The van der Waals surface area contributed by atoms with E-state index in [-0.39, 0.29) is 5.41 Å². The first-order valence-corrected chi connectivity index (χ1v) is 8.00. The number of hydrogen-bond donors (Lipinski definition) is 1. The summed E-state index contributed by atoms with van der Waals surface area (Å²) in [5.41, 5.74) is 0.247. The lowest BCUT2D eigenvalue weighted by molar-refractivity contribution is 0.149. The van der Waals surface area contributed by atoms with Crippen LogP contribution in [0.3, 0.4) is 0 Å². The smallest absolute Gasteiger partial charge is 0.161 e. The van der Waals surface area contributed by atoms with Crippen molar-refractivity contribution < 1.29 is 9.47 Å². The van der Waals surface area contributed by atoms with Crippen LogP contribution >= 0.6 is 0 Å². The predicted octanol–water partition coefficient (Wildman–Crippen LogP) is 4.13. The number of ether oxygens (including phenoxy) is 2. The zero-order valence-corrected chi connectivity index (χ0v) is 14.2. The van der Waals surface area contributed by atoms with Crippen molar-refractivity contribution in [2.45, 2.75) is 40.5 Å². The van der Waals surface area contributed by atoms with Crippen molar-refractivity contribution in [2.24, 2.45) is 11.3 Å². The molecule has 1 atom stereocenters. The highest BCUT2D eigenvalue weighted by atomic mass is 16.5. The summed E-state index contributed by atoms with van der Waals surface area (Å²) in [4.78, 5) is 0. The monoisotopic (exact) mass is 293 g/mol. The molecular weight excluding hydrogens is 262 g/mol. The lowest BCUT2D eigenvalue weighted by atomic mass is 9.76. The van der Waals surface area contributed by atoms with Gasteiger partial charge in [0.1, 0.15) is 0 Å². The molecule has 3 heteroatoms. The Morgan fingerprint density at radius 2 is 1.86 bits per heavy atom. The molecule has 1 rings (SSSR count). The zero-order chi connectivity index (χ0) is 15.7. The standard InChI is InChI=1S/C18H31NO2/c1-6-12-19-14-18(4,15(2)3)11-13-21-17-10-8-7-9-16(17)20-5/h7-10,15,19H,6,11-14H2,1-5H3. The molecule has 0 spiro atoms. The molecular formula is C18H31NO2. The first-order chi connectivity index (χ1) is 10.0. The van der Waals surface area contributed by atoms with Gasteiger partial charge in [-0.15, -0.1) is 0 Å². The fraction of sp³-hybridized carbons (Fsp3) is 0.667. The molecule has 1 unspecified atom stereocenters. The second-order valence-corrected chi connectivity index (χ2v) is 6.23. The Morgan fingerprint density at radius 3 is 2.43 bits per heavy atom. The molecule has 0 saturated carbocycles. The number of methoxy groups -OCH3 is 1. The van der Waals surface area contributed by atoms with Gasteiger partial charge in [0.2, 0.25) is 0 Å². The summed E-state index contributed by atoms with van der Waals surface area (Å²) >= 11 is 0. The molecule has 0 bridgehead atoms. The summed E-state index contributed by atoms with van der Waals surface area (Å²) in [6.45, 7) is 11.9. The van der Waals surface area contributed by atoms with E-state index >= 15 is 0 Å². The molecule has 0 saturated heterocycles. The highest BCUT2D eigenvalue weighted by Crippen LogP contribution is 2.32. The first-order valence-electron chi connectivity index (χ1n) is 8.00. The van der Waals surface area contributed by atoms with Gasteiger partial charge in [-0.1, -0.05) is 39.8 Å². The molecule has 1 aromatic rings. The minimum Gasteiger partial charge on any atom is -0.493 e. The molecule has 0 heterocycles. The van der Waals surface area contributed by atoms with Crippen LogP contribution in [0.2, 0.25) is 0 Å². The van der Waals surface area contributed by atoms with Gasteiger partial charge in [0.15, 0.2) is 11.5 Å². The minimum absolute atomic E-state index is 0.247. The largest absolute Gasteiger partial charge is 0.493 e. The average Bonchev–Trinajstić information content (AvgIpc) is 2.48. The topological polar surface area (TPSA) is 30.5 Å². The van der Waals surface area contributed by atoms with Gasteiger partial charge in [0.05, 0.1) is 13.7 Å². The number of rotatable bonds is 10. The molecule has 0 aliphatic heterocycles. The van der Waals surface area contributed by atoms with E-state index in [1.54, 1.807) is 7.11 Å². The Morgan fingerprint density at radius 1 is 1.19 bits per heavy atom. The van der Waals surface area contributed by atoms with Gasteiger partial charge in [-0.25, -0.2) is 0 Å². The molecule has 0 aromatic heterocycles. The Bertz CT molecular complexity index is 406. The Hall–Kier alpha value is -1.22. The van der Waals surface area contributed by atoms with Crippen molar-refractivity contribution in [3.05, 3.63) is 24.3 Å². The molecule has 0 radical (unpaired) electrons. The molecule has 0 aliphatic rings. The van der Waals surface area contributed by atoms with Crippen LogP contribution in [0.1, 0.15) is 40.5 Å². The number of benzene rings is 1. The third kappa shape index (κ3) is 5.58. The summed E-state index contributed by atoms with van der Waals surface area (Å²) < 4.78 is 11.2. The summed E-state index contributed by atoms with van der Waals surface area (Å²) in [6.07, 6.45) is 2.20. The van der Waals surface area contributed by atoms with Crippen LogP contribution in [-0.2, 0) is 0 Å². The fourth-order valence-corrected chi connectivity index (χ4v) is 2.26. The quantitative estimate of drug-likeness (QED) is 0.658. The van der Waals surface area contributed by atoms with Gasteiger partial charge in [-0.2, -0.15) is 0 Å². The van der Waals surface area contributed by atoms with Crippen LogP contribution in [0.25, 0.3) is 0 Å². The molecule has 1 N–H and O–H groups in total. The van der Waals surface area contributed by atoms with Crippen LogP contribution < -0.4 is 14.8 Å². The SMILES string of the molecule is CCCNCC(C)(CCOc1ccccc1OC)C(C)C. The van der Waals surface area contributed by atoms with Crippen LogP contribution in [0.5, 0.6) is 11.5 Å². The van der Waals surface area contributed by atoms with Crippen molar-refractivity contribution in [2.75, 3.05) is 26.8 Å². The second kappa shape index (κ2) is 8.93. The Balaban J connectivity index is 2.53. The van der Waals surface area contributed by atoms with Crippen molar-refractivity contribution in [3.8, 4) is 11.5 Å². The molecule has 120 valence electrons.